The minimum absolute atomic E-state index is 0.000883. The fourth-order valence-corrected chi connectivity index (χ4v) is 6.59. The van der Waals surface area contributed by atoms with Crippen molar-refractivity contribution in [1.29, 1.82) is 0 Å². The monoisotopic (exact) mass is 535 g/mol. The van der Waals surface area contributed by atoms with Gasteiger partial charge < -0.3 is 13.7 Å². The molecule has 41 heavy (non-hydrogen) atoms. The Bertz CT molecular complexity index is 2060. The van der Waals surface area contributed by atoms with Crippen LogP contribution in [0.25, 0.3) is 43.9 Å². The molecular formula is C37H29NO3. The molecule has 4 nitrogen and oxygen atoms in total. The zero-order valence-electron chi connectivity index (χ0n) is 22.7. The molecule has 200 valence electrons. The zero-order chi connectivity index (χ0) is 27.3. The van der Waals surface area contributed by atoms with E-state index in [-0.39, 0.29) is 5.43 Å². The molecule has 1 aliphatic rings. The summed E-state index contributed by atoms with van der Waals surface area (Å²) >= 11 is 0. The molecule has 0 unspecified atom stereocenters. The van der Waals surface area contributed by atoms with E-state index in [1.165, 1.54) is 37.7 Å². The van der Waals surface area contributed by atoms with Crippen molar-refractivity contribution in [1.82, 2.24) is 0 Å². The third-order valence-electron chi connectivity index (χ3n) is 8.64. The number of benzene rings is 5. The molecule has 1 aliphatic carbocycles. The molecule has 7 aromatic rings. The predicted octanol–water partition coefficient (Wildman–Crippen LogP) is 10.4. The molecule has 2 aromatic heterocycles. The van der Waals surface area contributed by atoms with Crippen LogP contribution in [0.3, 0.4) is 0 Å². The molecule has 0 aliphatic heterocycles. The van der Waals surface area contributed by atoms with Crippen LogP contribution >= 0.6 is 0 Å². The third kappa shape index (κ3) is 4.02. The second-order valence-electron chi connectivity index (χ2n) is 11.1. The molecule has 1 fully saturated rings. The van der Waals surface area contributed by atoms with Gasteiger partial charge in [0.05, 0.1) is 16.5 Å². The number of nitrogens with zero attached hydrogens (tertiary/aromatic N) is 1. The van der Waals surface area contributed by atoms with Crippen molar-refractivity contribution in [3.8, 4) is 0 Å². The lowest BCUT2D eigenvalue weighted by molar-refractivity contribution is 0.443. The highest BCUT2D eigenvalue weighted by Gasteiger charge is 2.21. The second-order valence-corrected chi connectivity index (χ2v) is 11.1. The van der Waals surface area contributed by atoms with Gasteiger partial charge in [0.15, 0.2) is 5.58 Å². The summed E-state index contributed by atoms with van der Waals surface area (Å²) in [6.45, 7) is 0. The summed E-state index contributed by atoms with van der Waals surface area (Å²) in [4.78, 5) is 15.9. The summed E-state index contributed by atoms with van der Waals surface area (Å²) in [6.07, 6.45) is 6.25. The summed E-state index contributed by atoms with van der Waals surface area (Å²) in [5.41, 5.74) is 6.95. The van der Waals surface area contributed by atoms with Crippen LogP contribution in [-0.2, 0) is 0 Å². The maximum atomic E-state index is 13.7. The second kappa shape index (κ2) is 9.67. The number of fused-ring (bicyclic) bond motifs is 5. The molecule has 0 N–H and O–H groups in total. The predicted molar refractivity (Wildman–Crippen MR) is 168 cm³/mol. The summed E-state index contributed by atoms with van der Waals surface area (Å²) in [7, 11) is 0. The Morgan fingerprint density at radius 3 is 1.98 bits per heavy atom. The number of anilines is 3. The Labute approximate surface area is 237 Å². The topological polar surface area (TPSA) is 46.6 Å². The fourth-order valence-electron chi connectivity index (χ4n) is 6.59. The number of hydrogen-bond acceptors (Lipinski definition) is 4. The van der Waals surface area contributed by atoms with E-state index in [0.29, 0.717) is 33.4 Å². The molecule has 0 spiro atoms. The minimum Gasteiger partial charge on any atom is -0.456 e. The molecule has 8 rings (SSSR count). The van der Waals surface area contributed by atoms with Crippen LogP contribution in [0, 0.1) is 0 Å². The van der Waals surface area contributed by atoms with E-state index in [1.54, 1.807) is 0 Å². The number of furan rings is 1. The summed E-state index contributed by atoms with van der Waals surface area (Å²) in [6, 6.07) is 36.8. The van der Waals surface area contributed by atoms with Crippen LogP contribution in [0.4, 0.5) is 17.1 Å². The first-order valence-electron chi connectivity index (χ1n) is 14.5. The summed E-state index contributed by atoms with van der Waals surface area (Å²) < 4.78 is 13.0. The van der Waals surface area contributed by atoms with E-state index in [2.05, 4.69) is 53.4 Å². The largest absolute Gasteiger partial charge is 0.456 e. The first-order valence-corrected chi connectivity index (χ1v) is 14.5. The molecule has 1 saturated carbocycles. The van der Waals surface area contributed by atoms with Gasteiger partial charge in [0.1, 0.15) is 16.7 Å². The molecule has 0 saturated heterocycles. The van der Waals surface area contributed by atoms with Gasteiger partial charge in [-0.05, 0) is 72.9 Å². The standard InChI is InChI=1S/C37H29NO3/c39-36-29-20-19-25(24-11-4-1-5-12-24)21-33(29)40-35-23-34-30(22-31(35)36)28-17-10-18-32(37(28)41-34)38(26-13-6-2-7-14-26)27-15-8-3-9-16-27/h2-3,6-10,13-24H,1,4-5,11-12H2. The molecule has 0 bridgehead atoms. The highest BCUT2D eigenvalue weighted by atomic mass is 16.3. The molecule has 2 heterocycles. The SMILES string of the molecule is O=c1c2ccc(C3CCCCC3)cc2oc2cc3oc4c(N(c5ccccc5)c5ccccc5)cccc4c3cc12. The first-order chi connectivity index (χ1) is 20.2. The maximum Gasteiger partial charge on any atom is 0.200 e. The normalized spacial score (nSPS) is 14.3. The third-order valence-corrected chi connectivity index (χ3v) is 8.64. The van der Waals surface area contributed by atoms with Crippen molar-refractivity contribution in [2.45, 2.75) is 38.0 Å². The quantitative estimate of drug-likeness (QED) is 0.210. The average Bonchev–Trinajstić information content (AvgIpc) is 3.40. The van der Waals surface area contributed by atoms with Crippen molar-refractivity contribution < 1.29 is 8.83 Å². The van der Waals surface area contributed by atoms with Crippen LogP contribution in [0.15, 0.2) is 123 Å². The molecule has 0 amide bonds. The van der Waals surface area contributed by atoms with Gasteiger partial charge in [-0.2, -0.15) is 0 Å². The molecular weight excluding hydrogens is 506 g/mol. The van der Waals surface area contributed by atoms with Gasteiger partial charge >= 0.3 is 0 Å². The molecule has 0 atom stereocenters. The first kappa shape index (κ1) is 24.0. The summed E-state index contributed by atoms with van der Waals surface area (Å²) in [5, 5.41) is 3.07. The van der Waals surface area contributed by atoms with E-state index < -0.39 is 0 Å². The Kier molecular flexibility index (Phi) is 5.66. The Hall–Kier alpha value is -4.83. The lowest BCUT2D eigenvalue weighted by Gasteiger charge is -2.25. The minimum atomic E-state index is -0.000883. The van der Waals surface area contributed by atoms with Crippen molar-refractivity contribution >= 4 is 60.9 Å². The van der Waals surface area contributed by atoms with Crippen molar-refractivity contribution in [3.63, 3.8) is 0 Å². The van der Waals surface area contributed by atoms with E-state index in [1.807, 2.05) is 60.7 Å². The van der Waals surface area contributed by atoms with Crippen LogP contribution in [0.5, 0.6) is 0 Å². The van der Waals surface area contributed by atoms with Crippen LogP contribution in [-0.4, -0.2) is 0 Å². The molecule has 4 heteroatoms. The van der Waals surface area contributed by atoms with Crippen LogP contribution in [0.2, 0.25) is 0 Å². The Morgan fingerprint density at radius 2 is 1.24 bits per heavy atom. The highest BCUT2D eigenvalue weighted by Crippen LogP contribution is 2.42. The number of rotatable bonds is 4. The van der Waals surface area contributed by atoms with E-state index in [0.717, 1.165) is 33.4 Å². The molecule has 0 radical (unpaired) electrons. The Morgan fingerprint density at radius 1 is 0.561 bits per heavy atom. The number of hydrogen-bond donors (Lipinski definition) is 0. The highest BCUT2D eigenvalue weighted by molar-refractivity contribution is 6.13. The Balaban J connectivity index is 1.33. The lowest BCUT2D eigenvalue weighted by Crippen LogP contribution is -2.09. The van der Waals surface area contributed by atoms with Gasteiger partial charge in [0.25, 0.3) is 0 Å². The molecule has 5 aromatic carbocycles. The van der Waals surface area contributed by atoms with E-state index in [4.69, 9.17) is 8.83 Å². The van der Waals surface area contributed by atoms with Crippen molar-refractivity contribution in [3.05, 3.63) is 125 Å². The zero-order valence-corrected chi connectivity index (χ0v) is 22.7. The van der Waals surface area contributed by atoms with Crippen molar-refractivity contribution in [2.75, 3.05) is 4.90 Å². The van der Waals surface area contributed by atoms with Gasteiger partial charge in [0, 0.05) is 28.2 Å². The fraction of sp³-hybridized carbons (Fsp3) is 0.162. The maximum absolute atomic E-state index is 13.7. The van der Waals surface area contributed by atoms with Gasteiger partial charge in [0.2, 0.25) is 5.43 Å². The van der Waals surface area contributed by atoms with E-state index >= 15 is 0 Å². The smallest absolute Gasteiger partial charge is 0.200 e. The van der Waals surface area contributed by atoms with E-state index in [9.17, 15) is 4.79 Å². The van der Waals surface area contributed by atoms with Gasteiger partial charge in [-0.15, -0.1) is 0 Å². The summed E-state index contributed by atoms with van der Waals surface area (Å²) in [5.74, 6) is 0.544. The van der Waals surface area contributed by atoms with Gasteiger partial charge in [-0.1, -0.05) is 73.9 Å². The van der Waals surface area contributed by atoms with Crippen LogP contribution < -0.4 is 10.3 Å². The van der Waals surface area contributed by atoms with Crippen LogP contribution in [0.1, 0.15) is 43.6 Å². The van der Waals surface area contributed by atoms with Crippen molar-refractivity contribution in [2.24, 2.45) is 0 Å². The van der Waals surface area contributed by atoms with Gasteiger partial charge in [-0.3, -0.25) is 4.79 Å². The van der Waals surface area contributed by atoms with Gasteiger partial charge in [-0.25, -0.2) is 0 Å². The lowest BCUT2D eigenvalue weighted by atomic mass is 9.84. The average molecular weight is 536 g/mol. The number of para-hydroxylation sites is 3.